The second-order valence-corrected chi connectivity index (χ2v) is 27.5. The van der Waals surface area contributed by atoms with E-state index in [4.69, 9.17) is 0 Å². The zero-order chi connectivity index (χ0) is 47.5. The predicted octanol–water partition coefficient (Wildman–Crippen LogP) is 16.1. The van der Waals surface area contributed by atoms with Gasteiger partial charge in [-0.3, -0.25) is 0 Å². The van der Waals surface area contributed by atoms with Crippen molar-refractivity contribution >= 4 is 67.9 Å². The third-order valence-electron chi connectivity index (χ3n) is 16.5. The van der Waals surface area contributed by atoms with Crippen LogP contribution in [0.1, 0.15) is 182 Å². The molecule has 0 saturated carbocycles. The topological polar surface area (TPSA) is 6.48 Å². The van der Waals surface area contributed by atoms with Crippen LogP contribution < -0.4 is 25.5 Å². The summed E-state index contributed by atoms with van der Waals surface area (Å²) in [5.74, 6) is 0. The molecule has 0 bridgehead atoms. The molecule has 5 aromatic carbocycles. The molecule has 66 heavy (non-hydrogen) atoms. The SMILES string of the molecule is CC(C)(C)c1ccc(N2c3cc(C(C)(C)C)cc4c3B(c3ccc5c(c32)C(C)(C)CCC5(C)C)c2sc3c(c2N4c2ccc(C(C)(C)C)cc2-c2ccccc2)C(C)(C)CCC3(C)C)cc1. The van der Waals surface area contributed by atoms with Crippen molar-refractivity contribution in [3.63, 3.8) is 0 Å². The van der Waals surface area contributed by atoms with Gasteiger partial charge in [-0.15, -0.1) is 0 Å². The van der Waals surface area contributed by atoms with Gasteiger partial charge in [0.15, 0.2) is 0 Å². The lowest BCUT2D eigenvalue weighted by Crippen LogP contribution is -2.61. The number of anilines is 6. The van der Waals surface area contributed by atoms with Gasteiger partial charge in [0.25, 0.3) is 6.71 Å². The maximum atomic E-state index is 2.80. The van der Waals surface area contributed by atoms with Gasteiger partial charge in [-0.25, -0.2) is 0 Å². The number of hydrogen-bond acceptors (Lipinski definition) is 3. The van der Waals surface area contributed by atoms with Crippen LogP contribution in [0.15, 0.2) is 97.1 Å². The van der Waals surface area contributed by atoms with Crippen LogP contribution in [0.2, 0.25) is 0 Å². The highest BCUT2D eigenvalue weighted by Gasteiger charge is 2.53. The van der Waals surface area contributed by atoms with Crippen LogP contribution in [0.3, 0.4) is 0 Å². The highest BCUT2D eigenvalue weighted by molar-refractivity contribution is 7.29. The molecule has 0 unspecified atom stereocenters. The van der Waals surface area contributed by atoms with Crippen LogP contribution >= 0.6 is 11.3 Å². The number of fused-ring (bicyclic) bond motifs is 8. The first-order valence-corrected chi connectivity index (χ1v) is 25.9. The summed E-state index contributed by atoms with van der Waals surface area (Å²) < 4.78 is 1.51. The quantitative estimate of drug-likeness (QED) is 0.163. The minimum Gasteiger partial charge on any atom is -0.311 e. The monoisotopic (exact) mass is 891 g/mol. The highest BCUT2D eigenvalue weighted by atomic mass is 32.1. The van der Waals surface area contributed by atoms with E-state index < -0.39 is 0 Å². The predicted molar refractivity (Wildman–Crippen MR) is 290 cm³/mol. The molecule has 0 N–H and O–H groups in total. The van der Waals surface area contributed by atoms with Gasteiger partial charge in [-0.05, 0) is 150 Å². The lowest BCUT2D eigenvalue weighted by Gasteiger charge is -2.50. The largest absolute Gasteiger partial charge is 0.311 e. The molecule has 2 aliphatic heterocycles. The van der Waals surface area contributed by atoms with Gasteiger partial charge in [-0.2, -0.15) is 11.3 Å². The standard InChI is InChI=1S/C62H75BN2S/c1-56(2,3)39-23-26-42(27-24-39)64-47-36-41(58(7,8)9)37-48-51(47)63(45-29-28-44-49(52(45)64)60(12,13)32-31-59(44,10)11)55-53(50-54(66-55)62(16,17)34-33-61(50,14)15)65(48)46-30-25-40(57(4,5)6)35-43(46)38-21-19-18-20-22-38/h18-30,35-37H,31-34H2,1-17H3. The van der Waals surface area contributed by atoms with Gasteiger partial charge in [-0.1, -0.05) is 178 Å². The fraction of sp³-hybridized carbons (Fsp3) is 0.452. The summed E-state index contributed by atoms with van der Waals surface area (Å²) in [4.78, 5) is 7.12. The third kappa shape index (κ3) is 6.91. The molecule has 0 fully saturated rings. The molecule has 0 spiro atoms. The number of hydrogen-bond donors (Lipinski definition) is 0. The van der Waals surface area contributed by atoms with Crippen molar-refractivity contribution in [2.24, 2.45) is 0 Å². The van der Waals surface area contributed by atoms with Crippen LogP contribution in [0.4, 0.5) is 34.1 Å². The molecule has 2 nitrogen and oxygen atoms in total. The molecule has 4 heteroatoms. The fourth-order valence-electron chi connectivity index (χ4n) is 12.1. The third-order valence-corrected chi connectivity index (χ3v) is 18.1. The van der Waals surface area contributed by atoms with Crippen LogP contribution in [-0.2, 0) is 37.9 Å². The van der Waals surface area contributed by atoms with Crippen molar-refractivity contribution in [2.45, 2.75) is 181 Å². The van der Waals surface area contributed by atoms with E-state index in [1.165, 1.54) is 96.0 Å². The van der Waals surface area contributed by atoms with Crippen molar-refractivity contribution in [1.29, 1.82) is 0 Å². The van der Waals surface area contributed by atoms with Crippen LogP contribution in [0.5, 0.6) is 0 Å². The van der Waals surface area contributed by atoms with E-state index in [-0.39, 0.29) is 44.6 Å². The molecule has 342 valence electrons. The maximum Gasteiger partial charge on any atom is 0.264 e. The van der Waals surface area contributed by atoms with E-state index in [0.29, 0.717) is 0 Å². The first-order valence-electron chi connectivity index (χ1n) is 25.1. The normalized spacial score (nSPS) is 18.8. The first-order chi connectivity index (χ1) is 30.6. The van der Waals surface area contributed by atoms with E-state index in [1.54, 1.807) is 16.0 Å². The summed E-state index contributed by atoms with van der Waals surface area (Å²) in [6, 6.07) is 38.7. The Morgan fingerprint density at radius 1 is 0.485 bits per heavy atom. The molecule has 0 saturated heterocycles. The lowest BCUT2D eigenvalue weighted by atomic mass is 9.35. The fourth-order valence-corrected chi connectivity index (χ4v) is 13.8. The Kier molecular flexibility index (Phi) is 9.94. The van der Waals surface area contributed by atoms with Gasteiger partial charge >= 0.3 is 0 Å². The Hall–Kier alpha value is -4.54. The summed E-state index contributed by atoms with van der Waals surface area (Å²) in [6.45, 7) is 41.5. The van der Waals surface area contributed by atoms with Crippen molar-refractivity contribution < 1.29 is 0 Å². The van der Waals surface area contributed by atoms with Gasteiger partial charge in [0.2, 0.25) is 0 Å². The highest BCUT2D eigenvalue weighted by Crippen LogP contribution is 2.59. The maximum absolute atomic E-state index is 2.80. The molecule has 6 aromatic rings. The Balaban J connectivity index is 1.41. The van der Waals surface area contributed by atoms with Crippen LogP contribution in [0.25, 0.3) is 11.1 Å². The molecule has 10 rings (SSSR count). The van der Waals surface area contributed by atoms with Crippen LogP contribution in [-0.4, -0.2) is 6.71 Å². The summed E-state index contributed by atoms with van der Waals surface area (Å²) in [5.41, 5.74) is 22.2. The summed E-state index contributed by atoms with van der Waals surface area (Å²) in [5, 5.41) is 0. The Morgan fingerprint density at radius 2 is 1.03 bits per heavy atom. The molecule has 2 aliphatic carbocycles. The lowest BCUT2D eigenvalue weighted by molar-refractivity contribution is 0.333. The first kappa shape index (κ1) is 45.3. The summed E-state index contributed by atoms with van der Waals surface area (Å²) in [7, 11) is 0. The molecule has 0 amide bonds. The molecule has 1 aromatic heterocycles. The second kappa shape index (κ2) is 14.5. The van der Waals surface area contributed by atoms with Crippen molar-refractivity contribution in [1.82, 2.24) is 0 Å². The minimum absolute atomic E-state index is 0.00633. The van der Waals surface area contributed by atoms with E-state index >= 15 is 0 Å². The van der Waals surface area contributed by atoms with Gasteiger partial charge in [0.1, 0.15) is 0 Å². The van der Waals surface area contributed by atoms with Crippen molar-refractivity contribution in [3.05, 3.63) is 135 Å². The van der Waals surface area contributed by atoms with E-state index in [9.17, 15) is 0 Å². The molecular weight excluding hydrogens is 816 g/mol. The van der Waals surface area contributed by atoms with Gasteiger partial charge in [0.05, 0.1) is 11.4 Å². The number of nitrogens with zero attached hydrogens (tertiary/aromatic N) is 2. The van der Waals surface area contributed by atoms with Gasteiger partial charge in [0, 0.05) is 38.0 Å². The molecule has 0 atom stereocenters. The van der Waals surface area contributed by atoms with Gasteiger partial charge < -0.3 is 9.80 Å². The zero-order valence-electron chi connectivity index (χ0n) is 43.4. The van der Waals surface area contributed by atoms with E-state index in [0.717, 1.165) is 12.8 Å². The average Bonchev–Trinajstić information content (AvgIpc) is 3.66. The van der Waals surface area contributed by atoms with Crippen molar-refractivity contribution in [2.75, 3.05) is 9.80 Å². The van der Waals surface area contributed by atoms with E-state index in [1.807, 2.05) is 0 Å². The van der Waals surface area contributed by atoms with E-state index in [2.05, 4.69) is 236 Å². The molecule has 4 aliphatic rings. The zero-order valence-corrected chi connectivity index (χ0v) is 44.3. The summed E-state index contributed by atoms with van der Waals surface area (Å²) in [6.07, 6.45) is 4.69. The second-order valence-electron chi connectivity index (χ2n) is 26.4. The number of rotatable bonds is 3. The average molecular weight is 891 g/mol. The minimum atomic E-state index is -0.111. The number of benzene rings is 5. The molecule has 3 heterocycles. The summed E-state index contributed by atoms with van der Waals surface area (Å²) >= 11 is 2.15. The number of thiophene rings is 1. The Bertz CT molecular complexity index is 2920. The molecule has 0 radical (unpaired) electrons. The Morgan fingerprint density at radius 3 is 1.64 bits per heavy atom. The van der Waals surface area contributed by atoms with Crippen molar-refractivity contribution in [3.8, 4) is 11.1 Å². The molecular formula is C62H75BN2S. The smallest absolute Gasteiger partial charge is 0.264 e. The van der Waals surface area contributed by atoms with Crippen LogP contribution in [0, 0.1) is 0 Å². The Labute approximate surface area is 403 Å².